The molecule has 0 saturated carbocycles. The lowest BCUT2D eigenvalue weighted by Crippen LogP contribution is -2.00. The van der Waals surface area contributed by atoms with Crippen LogP contribution in [0.5, 0.6) is 0 Å². The zero-order valence-corrected chi connectivity index (χ0v) is 36.6. The Bertz CT molecular complexity index is 4600. The Labute approximate surface area is 386 Å². The van der Waals surface area contributed by atoms with Crippen molar-refractivity contribution in [3.63, 3.8) is 0 Å². The third-order valence-corrected chi connectivity index (χ3v) is 15.0. The molecule has 0 atom stereocenters. The lowest BCUT2D eigenvalue weighted by Gasteiger charge is -2.12. The smallest absolute Gasteiger partial charge is 0.165 e. The number of thiophene rings is 1. The van der Waals surface area contributed by atoms with Gasteiger partial charge in [0.05, 0.1) is 22.1 Å². The monoisotopic (exact) mass is 870 g/mol. The van der Waals surface area contributed by atoms with Gasteiger partial charge in [0.15, 0.2) is 17.5 Å². The SMILES string of the molecule is c1ccc2cc(-c3nc(-c4ccc5ccc6oc7cccc(-n8c9cc%10ccccc%10cc9c9c%10ccccc%10ccc98)c7c6c5c4)nc(-c4cccc5c4sc4ccccc45)n3)ccc2c1. The number of nitrogens with zero attached hydrogens (tertiary/aromatic N) is 4. The van der Waals surface area contributed by atoms with E-state index in [1.54, 1.807) is 11.3 Å². The Hall–Kier alpha value is -8.71. The second kappa shape index (κ2) is 13.9. The largest absolute Gasteiger partial charge is 0.456 e. The Balaban J connectivity index is 0.996. The van der Waals surface area contributed by atoms with Crippen LogP contribution in [0.3, 0.4) is 0 Å². The van der Waals surface area contributed by atoms with Gasteiger partial charge in [-0.2, -0.15) is 0 Å². The average Bonchev–Trinajstić information content (AvgIpc) is 4.07. The molecule has 0 aliphatic heterocycles. The van der Waals surface area contributed by atoms with E-state index in [0.717, 1.165) is 76.2 Å². The van der Waals surface area contributed by atoms with Crippen molar-refractivity contribution in [2.24, 2.45) is 0 Å². The predicted molar refractivity (Wildman–Crippen MR) is 281 cm³/mol. The second-order valence-corrected chi connectivity index (χ2v) is 18.6. The van der Waals surface area contributed by atoms with Crippen LogP contribution in [0.4, 0.5) is 0 Å². The topological polar surface area (TPSA) is 56.7 Å². The summed E-state index contributed by atoms with van der Waals surface area (Å²) in [5.74, 6) is 1.88. The van der Waals surface area contributed by atoms with Crippen molar-refractivity contribution in [3.05, 3.63) is 206 Å². The van der Waals surface area contributed by atoms with Gasteiger partial charge in [0.1, 0.15) is 11.2 Å². The van der Waals surface area contributed by atoms with Crippen LogP contribution in [0, 0.1) is 0 Å². The summed E-state index contributed by atoms with van der Waals surface area (Å²) >= 11 is 1.78. The van der Waals surface area contributed by atoms with E-state index >= 15 is 0 Å². The molecule has 0 unspecified atom stereocenters. The van der Waals surface area contributed by atoms with Crippen LogP contribution < -0.4 is 0 Å². The Morgan fingerprint density at radius 3 is 1.82 bits per heavy atom. The van der Waals surface area contributed by atoms with Gasteiger partial charge < -0.3 is 8.98 Å². The first-order valence-electron chi connectivity index (χ1n) is 22.6. The summed E-state index contributed by atoms with van der Waals surface area (Å²) in [6, 6.07) is 73.9. The highest BCUT2D eigenvalue weighted by atomic mass is 32.1. The average molecular weight is 871 g/mol. The summed E-state index contributed by atoms with van der Waals surface area (Å²) < 4.78 is 11.7. The van der Waals surface area contributed by atoms with Gasteiger partial charge in [-0.05, 0) is 104 Å². The second-order valence-electron chi connectivity index (χ2n) is 17.5. The molecule has 0 spiro atoms. The van der Waals surface area contributed by atoms with E-state index in [-0.39, 0.29) is 0 Å². The molecule has 0 saturated heterocycles. The molecular formula is C61H34N4OS. The standard InChI is InChI=1S/C61H34N4OS/c1-2-13-38-31-41(25-23-35(38)11-1)59-62-60(64-61(63-59)46-19-9-18-45-44-17-7-8-22-54(44)67-58(45)46)42-26-24-37-28-30-53-56(47(37)33-42)57-49(20-10-21-52(57)66-53)65-50-29-27-36-12-5-6-16-43(36)55(50)48-32-39-14-3-4-15-40(39)34-51(48)65/h1-34H. The van der Waals surface area contributed by atoms with E-state index in [2.05, 4.69) is 211 Å². The molecule has 0 radical (unpaired) electrons. The third kappa shape index (κ3) is 5.45. The fourth-order valence-electron chi connectivity index (χ4n) is 10.7. The number of hydrogen-bond acceptors (Lipinski definition) is 5. The summed E-state index contributed by atoms with van der Waals surface area (Å²) in [5, 5.41) is 16.4. The number of benzene rings is 11. The number of aromatic nitrogens is 4. The van der Waals surface area contributed by atoms with Crippen molar-refractivity contribution in [2.45, 2.75) is 0 Å². The lowest BCUT2D eigenvalue weighted by atomic mass is 10.00. The van der Waals surface area contributed by atoms with Gasteiger partial charge in [-0.25, -0.2) is 15.0 Å². The highest BCUT2D eigenvalue weighted by molar-refractivity contribution is 7.26. The molecule has 0 aliphatic carbocycles. The lowest BCUT2D eigenvalue weighted by molar-refractivity contribution is 0.669. The molecule has 4 aromatic heterocycles. The maximum absolute atomic E-state index is 6.81. The van der Waals surface area contributed by atoms with E-state index in [9.17, 15) is 0 Å². The molecule has 0 amide bonds. The fraction of sp³-hybridized carbons (Fsp3) is 0. The highest BCUT2D eigenvalue weighted by Gasteiger charge is 2.22. The Morgan fingerprint density at radius 2 is 0.970 bits per heavy atom. The first kappa shape index (κ1) is 36.6. The van der Waals surface area contributed by atoms with Gasteiger partial charge in [-0.1, -0.05) is 146 Å². The third-order valence-electron chi connectivity index (χ3n) is 13.8. The van der Waals surface area contributed by atoms with Crippen molar-refractivity contribution in [1.82, 2.24) is 19.5 Å². The van der Waals surface area contributed by atoms with E-state index in [1.807, 2.05) is 0 Å². The Morgan fingerprint density at radius 1 is 0.358 bits per heavy atom. The molecule has 11 aromatic carbocycles. The minimum Gasteiger partial charge on any atom is -0.456 e. The predicted octanol–water partition coefficient (Wildman–Crippen LogP) is 16.8. The molecule has 5 nitrogen and oxygen atoms in total. The van der Waals surface area contributed by atoms with Gasteiger partial charge in [-0.15, -0.1) is 11.3 Å². The fourth-order valence-corrected chi connectivity index (χ4v) is 11.9. The molecule has 0 fully saturated rings. The molecule has 4 heterocycles. The van der Waals surface area contributed by atoms with Crippen molar-refractivity contribution in [1.29, 1.82) is 0 Å². The van der Waals surface area contributed by atoms with Gasteiger partial charge in [-0.3, -0.25) is 0 Å². The van der Waals surface area contributed by atoms with Crippen LogP contribution >= 0.6 is 11.3 Å². The molecule has 6 heteroatoms. The minimum absolute atomic E-state index is 0.611. The zero-order valence-electron chi connectivity index (χ0n) is 35.7. The normalized spacial score (nSPS) is 12.2. The number of hydrogen-bond donors (Lipinski definition) is 0. The van der Waals surface area contributed by atoms with E-state index in [1.165, 1.54) is 53.2 Å². The van der Waals surface area contributed by atoms with Crippen molar-refractivity contribution in [2.75, 3.05) is 0 Å². The Kier molecular flexibility index (Phi) is 7.59. The summed E-state index contributed by atoms with van der Waals surface area (Å²) in [6.45, 7) is 0. The van der Waals surface area contributed by atoms with Crippen molar-refractivity contribution in [3.8, 4) is 39.9 Å². The number of fused-ring (bicyclic) bond motifs is 15. The quantitative estimate of drug-likeness (QED) is 0.177. The zero-order chi connectivity index (χ0) is 43.7. The molecule has 0 N–H and O–H groups in total. The van der Waals surface area contributed by atoms with Crippen LogP contribution in [0.25, 0.3) is 147 Å². The van der Waals surface area contributed by atoms with E-state index in [4.69, 9.17) is 19.4 Å². The van der Waals surface area contributed by atoms with E-state index in [0.29, 0.717) is 17.5 Å². The summed E-state index contributed by atoms with van der Waals surface area (Å²) in [4.78, 5) is 15.9. The van der Waals surface area contributed by atoms with Crippen LogP contribution in [-0.2, 0) is 0 Å². The van der Waals surface area contributed by atoms with Crippen molar-refractivity contribution >= 4 is 118 Å². The van der Waals surface area contributed by atoms with Crippen LogP contribution in [-0.4, -0.2) is 19.5 Å². The molecule has 0 bridgehead atoms. The van der Waals surface area contributed by atoms with Gasteiger partial charge in [0.2, 0.25) is 0 Å². The molecular weight excluding hydrogens is 837 g/mol. The number of furan rings is 1. The molecule has 15 rings (SSSR count). The summed E-state index contributed by atoms with van der Waals surface area (Å²) in [6.07, 6.45) is 0. The summed E-state index contributed by atoms with van der Waals surface area (Å²) in [7, 11) is 0. The number of rotatable bonds is 4. The summed E-state index contributed by atoms with van der Waals surface area (Å²) in [5.41, 5.74) is 7.86. The van der Waals surface area contributed by atoms with Gasteiger partial charge in [0.25, 0.3) is 0 Å². The van der Waals surface area contributed by atoms with Crippen LogP contribution in [0.2, 0.25) is 0 Å². The maximum atomic E-state index is 6.81. The maximum Gasteiger partial charge on any atom is 0.165 e. The first-order valence-corrected chi connectivity index (χ1v) is 23.4. The van der Waals surface area contributed by atoms with Crippen LogP contribution in [0.15, 0.2) is 211 Å². The molecule has 0 aliphatic rings. The van der Waals surface area contributed by atoms with Gasteiger partial charge >= 0.3 is 0 Å². The molecule has 67 heavy (non-hydrogen) atoms. The van der Waals surface area contributed by atoms with Gasteiger partial charge in [0, 0.05) is 53.0 Å². The molecule has 15 aromatic rings. The minimum atomic E-state index is 0.611. The highest BCUT2D eigenvalue weighted by Crippen LogP contribution is 2.45. The molecule has 310 valence electrons. The first-order chi connectivity index (χ1) is 33.2. The van der Waals surface area contributed by atoms with E-state index < -0.39 is 0 Å². The van der Waals surface area contributed by atoms with Crippen molar-refractivity contribution < 1.29 is 4.42 Å². The van der Waals surface area contributed by atoms with Crippen LogP contribution in [0.1, 0.15) is 0 Å².